The van der Waals surface area contributed by atoms with Gasteiger partial charge in [0.1, 0.15) is 0 Å². The molecule has 2 atom stereocenters. The first kappa shape index (κ1) is 17.0. The van der Waals surface area contributed by atoms with E-state index < -0.39 is 5.54 Å². The van der Waals surface area contributed by atoms with Crippen molar-refractivity contribution in [2.45, 2.75) is 45.4 Å². The van der Waals surface area contributed by atoms with Crippen LogP contribution >= 0.6 is 0 Å². The molecule has 0 N–H and O–H groups in total. The normalized spacial score (nSPS) is 23.4. The Hall–Kier alpha value is -1.39. The van der Waals surface area contributed by atoms with Crippen LogP contribution in [0.25, 0.3) is 0 Å². The van der Waals surface area contributed by atoms with E-state index in [1.54, 1.807) is 0 Å². The van der Waals surface area contributed by atoms with E-state index in [0.717, 1.165) is 24.3 Å². The zero-order chi connectivity index (χ0) is 16.5. The Balaban J connectivity index is 2.19. The fourth-order valence-corrected chi connectivity index (χ4v) is 3.04. The molecule has 1 fully saturated rings. The summed E-state index contributed by atoms with van der Waals surface area (Å²) in [4.78, 5) is 17.2. The van der Waals surface area contributed by atoms with Crippen LogP contribution in [0, 0.1) is 0 Å². The number of ether oxygens (including phenoxy) is 1. The Morgan fingerprint density at radius 2 is 1.64 bits per heavy atom. The molecule has 0 saturated carbocycles. The van der Waals surface area contributed by atoms with Gasteiger partial charge in [0.2, 0.25) is 0 Å². The van der Waals surface area contributed by atoms with Gasteiger partial charge in [0.25, 0.3) is 0 Å². The number of carbonyl (C=O) groups is 1. The van der Waals surface area contributed by atoms with Gasteiger partial charge in [-0.25, -0.2) is 0 Å². The number of hydrogen-bond donors (Lipinski definition) is 0. The molecule has 1 aromatic carbocycles. The molecule has 2 unspecified atom stereocenters. The second-order valence-corrected chi connectivity index (χ2v) is 6.99. The van der Waals surface area contributed by atoms with E-state index in [-0.39, 0.29) is 18.0 Å². The van der Waals surface area contributed by atoms with Crippen molar-refractivity contribution in [2.75, 3.05) is 32.1 Å². The average Bonchev–Trinajstić information content (AvgIpc) is 2.45. The lowest BCUT2D eigenvalue weighted by molar-refractivity contribution is -0.0887. The summed E-state index contributed by atoms with van der Waals surface area (Å²) in [6.07, 6.45) is 0.318. The number of benzene rings is 1. The monoisotopic (exact) mass is 304 g/mol. The van der Waals surface area contributed by atoms with Crippen LogP contribution in [0.3, 0.4) is 0 Å². The highest BCUT2D eigenvalue weighted by Crippen LogP contribution is 2.26. The lowest BCUT2D eigenvalue weighted by atomic mass is 9.90. The van der Waals surface area contributed by atoms with Gasteiger partial charge in [0.05, 0.1) is 17.7 Å². The van der Waals surface area contributed by atoms with Gasteiger partial charge in [-0.2, -0.15) is 0 Å². The molecule has 0 amide bonds. The Bertz CT molecular complexity index is 512. The van der Waals surface area contributed by atoms with Crippen LogP contribution < -0.4 is 4.90 Å². The van der Waals surface area contributed by atoms with E-state index in [0.29, 0.717) is 0 Å². The largest absolute Gasteiger partial charge is 0.378 e. The second kappa shape index (κ2) is 6.39. The first-order valence-electron chi connectivity index (χ1n) is 7.94. The molecule has 122 valence electrons. The Morgan fingerprint density at radius 3 is 2.09 bits per heavy atom. The highest BCUT2D eigenvalue weighted by atomic mass is 16.5. The third kappa shape index (κ3) is 3.50. The fraction of sp³-hybridized carbons (Fsp3) is 0.611. The van der Waals surface area contributed by atoms with Crippen molar-refractivity contribution >= 4 is 11.5 Å². The van der Waals surface area contributed by atoms with Crippen LogP contribution in [0.4, 0.5) is 5.69 Å². The molecule has 4 heteroatoms. The van der Waals surface area contributed by atoms with Crippen molar-refractivity contribution < 1.29 is 9.53 Å². The maximum absolute atomic E-state index is 13.0. The van der Waals surface area contributed by atoms with E-state index in [2.05, 4.69) is 18.7 Å². The summed E-state index contributed by atoms with van der Waals surface area (Å²) in [6, 6.07) is 7.83. The molecule has 0 bridgehead atoms. The zero-order valence-corrected chi connectivity index (χ0v) is 14.6. The van der Waals surface area contributed by atoms with Crippen LogP contribution in [0.1, 0.15) is 38.1 Å². The van der Waals surface area contributed by atoms with Gasteiger partial charge in [0, 0.05) is 38.4 Å². The summed E-state index contributed by atoms with van der Waals surface area (Å²) in [5, 5.41) is 0. The van der Waals surface area contributed by atoms with Gasteiger partial charge in [-0.15, -0.1) is 0 Å². The quantitative estimate of drug-likeness (QED) is 0.801. The molecule has 2 rings (SSSR count). The third-order valence-corrected chi connectivity index (χ3v) is 4.41. The lowest BCUT2D eigenvalue weighted by Gasteiger charge is -2.44. The van der Waals surface area contributed by atoms with E-state index in [1.807, 2.05) is 57.1 Å². The first-order valence-corrected chi connectivity index (χ1v) is 7.94. The zero-order valence-electron chi connectivity index (χ0n) is 14.6. The first-order chi connectivity index (χ1) is 10.2. The summed E-state index contributed by atoms with van der Waals surface area (Å²) in [6.45, 7) is 9.74. The summed E-state index contributed by atoms with van der Waals surface area (Å²) < 4.78 is 5.78. The molecule has 0 radical (unpaired) electrons. The van der Waals surface area contributed by atoms with Crippen LogP contribution in [0.15, 0.2) is 24.3 Å². The molecular formula is C18H28N2O2. The number of carbonyl (C=O) groups excluding carboxylic acids is 1. The summed E-state index contributed by atoms with van der Waals surface area (Å²) in [5.74, 6) is 0.166. The standard InChI is InChI=1S/C18H28N2O2/c1-13-11-20(12-14(2)22-13)18(3,4)17(21)15-7-9-16(10-8-15)19(5)6/h7-10,13-14H,11-12H2,1-6H3. The number of hydrogen-bond acceptors (Lipinski definition) is 4. The van der Waals surface area contributed by atoms with Crippen LogP contribution in [-0.2, 0) is 4.74 Å². The number of morpholine rings is 1. The van der Waals surface area contributed by atoms with E-state index in [1.165, 1.54) is 0 Å². The van der Waals surface area contributed by atoms with Crippen LogP contribution in [0.5, 0.6) is 0 Å². The molecule has 0 aliphatic carbocycles. The number of rotatable bonds is 4. The van der Waals surface area contributed by atoms with Crippen molar-refractivity contribution in [3.8, 4) is 0 Å². The predicted molar refractivity (Wildman–Crippen MR) is 90.8 cm³/mol. The molecule has 1 saturated heterocycles. The van der Waals surface area contributed by atoms with Gasteiger partial charge < -0.3 is 9.64 Å². The molecule has 1 heterocycles. The van der Waals surface area contributed by atoms with E-state index in [9.17, 15) is 4.79 Å². The summed E-state index contributed by atoms with van der Waals surface area (Å²) in [5.41, 5.74) is 1.34. The topological polar surface area (TPSA) is 32.8 Å². The van der Waals surface area contributed by atoms with Gasteiger partial charge in [-0.3, -0.25) is 9.69 Å². The van der Waals surface area contributed by atoms with Crippen molar-refractivity contribution in [1.29, 1.82) is 0 Å². The number of anilines is 1. The minimum absolute atomic E-state index is 0.159. The Kier molecular flexibility index (Phi) is 4.93. The minimum Gasteiger partial charge on any atom is -0.378 e. The van der Waals surface area contributed by atoms with Gasteiger partial charge >= 0.3 is 0 Å². The van der Waals surface area contributed by atoms with Crippen molar-refractivity contribution in [3.05, 3.63) is 29.8 Å². The number of ketones is 1. The maximum atomic E-state index is 13.0. The van der Waals surface area contributed by atoms with Crippen LogP contribution in [-0.4, -0.2) is 55.6 Å². The molecule has 0 spiro atoms. The maximum Gasteiger partial charge on any atom is 0.182 e. The highest BCUT2D eigenvalue weighted by molar-refractivity contribution is 6.02. The lowest BCUT2D eigenvalue weighted by Crippen LogP contribution is -2.58. The van der Waals surface area contributed by atoms with Crippen molar-refractivity contribution in [1.82, 2.24) is 4.90 Å². The molecule has 22 heavy (non-hydrogen) atoms. The molecule has 0 aromatic heterocycles. The molecule has 1 aromatic rings. The number of Topliss-reactive ketones (excluding diaryl/α,β-unsaturated/α-hetero) is 1. The third-order valence-electron chi connectivity index (χ3n) is 4.41. The molecular weight excluding hydrogens is 276 g/mol. The minimum atomic E-state index is -0.522. The predicted octanol–water partition coefficient (Wildman–Crippen LogP) is 2.82. The summed E-state index contributed by atoms with van der Waals surface area (Å²) >= 11 is 0. The smallest absolute Gasteiger partial charge is 0.182 e. The average molecular weight is 304 g/mol. The van der Waals surface area contributed by atoms with Gasteiger partial charge in [-0.1, -0.05) is 0 Å². The van der Waals surface area contributed by atoms with E-state index in [4.69, 9.17) is 4.74 Å². The molecule has 1 aliphatic heterocycles. The Morgan fingerprint density at radius 1 is 1.14 bits per heavy atom. The van der Waals surface area contributed by atoms with Crippen molar-refractivity contribution in [3.63, 3.8) is 0 Å². The van der Waals surface area contributed by atoms with Gasteiger partial charge in [-0.05, 0) is 52.0 Å². The summed E-state index contributed by atoms with van der Waals surface area (Å²) in [7, 11) is 3.99. The SMILES string of the molecule is CC1CN(C(C)(C)C(=O)c2ccc(N(C)C)cc2)CC(C)O1. The fourth-order valence-electron chi connectivity index (χ4n) is 3.04. The van der Waals surface area contributed by atoms with Crippen LogP contribution in [0.2, 0.25) is 0 Å². The Labute approximate surface area is 134 Å². The highest BCUT2D eigenvalue weighted by Gasteiger charge is 2.38. The van der Waals surface area contributed by atoms with E-state index >= 15 is 0 Å². The van der Waals surface area contributed by atoms with Crippen molar-refractivity contribution in [2.24, 2.45) is 0 Å². The molecule has 4 nitrogen and oxygen atoms in total. The van der Waals surface area contributed by atoms with Gasteiger partial charge in [0.15, 0.2) is 5.78 Å². The second-order valence-electron chi connectivity index (χ2n) is 6.99. The molecule has 1 aliphatic rings. The number of nitrogens with zero attached hydrogens (tertiary/aromatic N) is 2.